The quantitative estimate of drug-likeness (QED) is 0.852. The maximum absolute atomic E-state index is 12.5. The summed E-state index contributed by atoms with van der Waals surface area (Å²) in [6.07, 6.45) is 0.912. The summed E-state index contributed by atoms with van der Waals surface area (Å²) in [5.41, 5.74) is 2.06. The number of hydrogen-bond acceptors (Lipinski definition) is 4. The highest BCUT2D eigenvalue weighted by molar-refractivity contribution is 7.17. The third-order valence-corrected chi connectivity index (χ3v) is 5.53. The molecule has 1 saturated carbocycles. The zero-order valence-electron chi connectivity index (χ0n) is 13.6. The molecule has 0 radical (unpaired) electrons. The Kier molecular flexibility index (Phi) is 4.60. The molecule has 1 aliphatic rings. The van der Waals surface area contributed by atoms with Gasteiger partial charge in [0, 0.05) is 5.92 Å². The average Bonchev–Trinajstić information content (AvgIpc) is 3.14. The molecule has 0 aliphatic heterocycles. The van der Waals surface area contributed by atoms with Crippen molar-refractivity contribution in [3.05, 3.63) is 39.4 Å². The van der Waals surface area contributed by atoms with Gasteiger partial charge in [0.25, 0.3) is 5.91 Å². The first-order chi connectivity index (χ1) is 11.4. The molecule has 1 aliphatic carbocycles. The molecule has 1 aromatic heterocycles. The van der Waals surface area contributed by atoms with Crippen molar-refractivity contribution in [1.29, 1.82) is 0 Å². The lowest BCUT2D eigenvalue weighted by Crippen LogP contribution is -2.14. The zero-order chi connectivity index (χ0) is 17.4. The Hall–Kier alpha value is -1.92. The fraction of sp³-hybridized carbons (Fsp3) is 0.353. The predicted molar refractivity (Wildman–Crippen MR) is 96.9 cm³/mol. The van der Waals surface area contributed by atoms with Gasteiger partial charge in [-0.25, -0.2) is 4.98 Å². The Morgan fingerprint density at radius 3 is 2.62 bits per heavy atom. The van der Waals surface area contributed by atoms with Gasteiger partial charge < -0.3 is 10.6 Å². The molecule has 0 bridgehead atoms. The van der Waals surface area contributed by atoms with Crippen molar-refractivity contribution in [1.82, 2.24) is 4.98 Å². The van der Waals surface area contributed by atoms with Gasteiger partial charge in [0.1, 0.15) is 4.88 Å². The largest absolute Gasteiger partial charge is 0.320 e. The summed E-state index contributed by atoms with van der Waals surface area (Å²) in [7, 11) is 0. The first kappa shape index (κ1) is 16.9. The van der Waals surface area contributed by atoms with Gasteiger partial charge in [0.15, 0.2) is 5.13 Å². The molecule has 2 amide bonds. The molecule has 7 heteroatoms. The van der Waals surface area contributed by atoms with Crippen LogP contribution in [0.3, 0.4) is 0 Å². The van der Waals surface area contributed by atoms with Crippen LogP contribution in [0.25, 0.3) is 0 Å². The number of nitrogens with zero attached hydrogens (tertiary/aromatic N) is 1. The number of thiazole rings is 1. The summed E-state index contributed by atoms with van der Waals surface area (Å²) >= 11 is 7.32. The second-order valence-corrected chi connectivity index (χ2v) is 7.53. The Bertz CT molecular complexity index is 798. The molecule has 2 unspecified atom stereocenters. The van der Waals surface area contributed by atoms with Gasteiger partial charge in [-0.05, 0) is 37.8 Å². The summed E-state index contributed by atoms with van der Waals surface area (Å²) in [6, 6.07) is 5.44. The maximum atomic E-state index is 12.5. The van der Waals surface area contributed by atoms with E-state index in [2.05, 4.69) is 15.6 Å². The summed E-state index contributed by atoms with van der Waals surface area (Å²) in [4.78, 5) is 29.3. The summed E-state index contributed by atoms with van der Waals surface area (Å²) in [5.74, 6) is 0.195. The van der Waals surface area contributed by atoms with E-state index in [1.807, 2.05) is 26.0 Å². The van der Waals surface area contributed by atoms with Crippen LogP contribution in [-0.2, 0) is 4.79 Å². The van der Waals surface area contributed by atoms with E-state index in [0.29, 0.717) is 32.3 Å². The lowest BCUT2D eigenvalue weighted by atomic mass is 10.2. The number of nitrogens with one attached hydrogen (secondary N) is 2. The van der Waals surface area contributed by atoms with Gasteiger partial charge in [-0.3, -0.25) is 9.59 Å². The topological polar surface area (TPSA) is 71.1 Å². The molecule has 126 valence electrons. The number of carbonyl (C=O) groups excluding carboxylic acids is 2. The molecule has 5 nitrogen and oxygen atoms in total. The van der Waals surface area contributed by atoms with Crippen molar-refractivity contribution in [2.24, 2.45) is 11.8 Å². The lowest BCUT2D eigenvalue weighted by molar-refractivity contribution is -0.117. The first-order valence-electron chi connectivity index (χ1n) is 7.71. The minimum Gasteiger partial charge on any atom is -0.320 e. The van der Waals surface area contributed by atoms with Crippen LogP contribution in [-0.4, -0.2) is 16.8 Å². The van der Waals surface area contributed by atoms with E-state index in [4.69, 9.17) is 11.6 Å². The van der Waals surface area contributed by atoms with Crippen molar-refractivity contribution in [2.75, 3.05) is 10.6 Å². The third-order valence-electron chi connectivity index (χ3n) is 4.14. The van der Waals surface area contributed by atoms with Crippen LogP contribution in [0.15, 0.2) is 18.2 Å². The number of halogens is 1. The maximum Gasteiger partial charge on any atom is 0.267 e. The minimum absolute atomic E-state index is 0.0230. The van der Waals surface area contributed by atoms with E-state index in [9.17, 15) is 9.59 Å². The molecule has 2 aromatic rings. The van der Waals surface area contributed by atoms with Crippen molar-refractivity contribution in [3.8, 4) is 0 Å². The van der Waals surface area contributed by atoms with Gasteiger partial charge in [-0.2, -0.15) is 0 Å². The van der Waals surface area contributed by atoms with Gasteiger partial charge in [-0.15, -0.1) is 0 Å². The number of aromatic nitrogens is 1. The summed E-state index contributed by atoms with van der Waals surface area (Å²) in [6.45, 7) is 5.67. The van der Waals surface area contributed by atoms with Crippen LogP contribution in [0.2, 0.25) is 5.02 Å². The number of benzene rings is 1. The second kappa shape index (κ2) is 6.53. The number of amides is 2. The Balaban J connectivity index is 1.74. The molecule has 3 rings (SSSR count). The highest BCUT2D eigenvalue weighted by Crippen LogP contribution is 2.39. The van der Waals surface area contributed by atoms with Crippen LogP contribution in [0, 0.1) is 25.7 Å². The highest BCUT2D eigenvalue weighted by Gasteiger charge is 2.39. The standard InChI is InChI=1S/C17H18ClN3O2S/c1-8-5-4-6-12(18)13(8)20-16(23)14-10(3)19-17(24-14)21-15(22)11-7-9(11)2/h4-6,9,11H,7H2,1-3H3,(H,20,23)(H,19,21,22). The molecule has 24 heavy (non-hydrogen) atoms. The van der Waals surface area contributed by atoms with E-state index in [1.54, 1.807) is 13.0 Å². The number of para-hydroxylation sites is 1. The van der Waals surface area contributed by atoms with Crippen molar-refractivity contribution in [3.63, 3.8) is 0 Å². The van der Waals surface area contributed by atoms with E-state index >= 15 is 0 Å². The van der Waals surface area contributed by atoms with E-state index < -0.39 is 0 Å². The predicted octanol–water partition coefficient (Wildman–Crippen LogP) is 4.26. The van der Waals surface area contributed by atoms with Crippen LogP contribution in [0.5, 0.6) is 0 Å². The van der Waals surface area contributed by atoms with Crippen molar-refractivity contribution >= 4 is 45.6 Å². The molecule has 2 N–H and O–H groups in total. The fourth-order valence-electron chi connectivity index (χ4n) is 2.51. The Morgan fingerprint density at radius 1 is 1.29 bits per heavy atom. The van der Waals surface area contributed by atoms with E-state index in [0.717, 1.165) is 12.0 Å². The van der Waals surface area contributed by atoms with Gasteiger partial charge in [0.05, 0.1) is 16.4 Å². The van der Waals surface area contributed by atoms with Crippen molar-refractivity contribution in [2.45, 2.75) is 27.2 Å². The monoisotopic (exact) mass is 363 g/mol. The first-order valence-corrected chi connectivity index (χ1v) is 8.91. The number of anilines is 2. The lowest BCUT2D eigenvalue weighted by Gasteiger charge is -2.09. The minimum atomic E-state index is -0.276. The number of hydrogen-bond donors (Lipinski definition) is 2. The zero-order valence-corrected chi connectivity index (χ0v) is 15.2. The SMILES string of the molecule is Cc1cccc(Cl)c1NC(=O)c1sc(NC(=O)C2CC2C)nc1C. The number of aryl methyl sites for hydroxylation is 2. The number of carbonyl (C=O) groups is 2. The highest BCUT2D eigenvalue weighted by atomic mass is 35.5. The van der Waals surface area contributed by atoms with E-state index in [-0.39, 0.29) is 17.7 Å². The second-order valence-electron chi connectivity index (χ2n) is 6.13. The van der Waals surface area contributed by atoms with Crippen LogP contribution < -0.4 is 10.6 Å². The molecule has 2 atom stereocenters. The molecule has 1 aromatic carbocycles. The summed E-state index contributed by atoms with van der Waals surface area (Å²) < 4.78 is 0. The van der Waals surface area contributed by atoms with Crippen LogP contribution in [0.1, 0.15) is 34.3 Å². The Morgan fingerprint density at radius 2 is 2.00 bits per heavy atom. The molecular weight excluding hydrogens is 346 g/mol. The molecule has 0 saturated heterocycles. The Labute approximate surface area is 149 Å². The normalized spacial score (nSPS) is 19.0. The molecular formula is C17H18ClN3O2S. The molecule has 0 spiro atoms. The fourth-order valence-corrected chi connectivity index (χ4v) is 3.64. The van der Waals surface area contributed by atoms with Crippen LogP contribution in [0.4, 0.5) is 10.8 Å². The van der Waals surface area contributed by atoms with Gasteiger partial charge in [0.2, 0.25) is 5.91 Å². The van der Waals surface area contributed by atoms with Gasteiger partial charge >= 0.3 is 0 Å². The van der Waals surface area contributed by atoms with Gasteiger partial charge in [-0.1, -0.05) is 42.0 Å². The van der Waals surface area contributed by atoms with Crippen LogP contribution >= 0.6 is 22.9 Å². The molecule has 1 fully saturated rings. The summed E-state index contributed by atoms with van der Waals surface area (Å²) in [5, 5.41) is 6.57. The van der Waals surface area contributed by atoms with E-state index in [1.165, 1.54) is 11.3 Å². The average molecular weight is 364 g/mol. The van der Waals surface area contributed by atoms with Crippen molar-refractivity contribution < 1.29 is 9.59 Å². The molecule has 1 heterocycles. The third kappa shape index (κ3) is 3.44. The number of rotatable bonds is 4. The smallest absolute Gasteiger partial charge is 0.267 e.